The van der Waals surface area contributed by atoms with E-state index in [0.29, 0.717) is 38.5 Å². The smallest absolute Gasteiger partial charge is 0.407 e. The van der Waals surface area contributed by atoms with Gasteiger partial charge in [-0.3, -0.25) is 19.1 Å². The van der Waals surface area contributed by atoms with Crippen LogP contribution in [0.4, 0.5) is 13.6 Å². The van der Waals surface area contributed by atoms with Gasteiger partial charge < -0.3 is 25.0 Å². The van der Waals surface area contributed by atoms with Crippen molar-refractivity contribution in [1.29, 1.82) is 0 Å². The number of halogens is 2. The van der Waals surface area contributed by atoms with E-state index in [9.17, 15) is 27.6 Å². The summed E-state index contributed by atoms with van der Waals surface area (Å²) >= 11 is 0. The third kappa shape index (κ3) is 8.51. The molecule has 3 aliphatic heterocycles. The molecule has 4 bridgehead atoms. The van der Waals surface area contributed by atoms with Crippen molar-refractivity contribution in [3.8, 4) is 5.88 Å². The largest absolute Gasteiger partial charge is 0.470 e. The number of alkyl halides is 2. The molecule has 3 saturated carbocycles. The van der Waals surface area contributed by atoms with Crippen LogP contribution in [0, 0.1) is 17.3 Å². The van der Waals surface area contributed by atoms with Crippen molar-refractivity contribution in [2.75, 3.05) is 19.7 Å². The Hall–Kier alpha value is -4.41. The molecule has 8 rings (SSSR count). The number of fused-ring (bicyclic) bond motifs is 7. The number of cyclic esters (lactones) is 1. The first kappa shape index (κ1) is 40.4. The maximum atomic E-state index is 16.4. The number of para-hydroxylation sites is 2. The molecular formula is C41H52F2N6O8S. The van der Waals surface area contributed by atoms with Crippen LogP contribution in [0.3, 0.4) is 0 Å². The lowest BCUT2D eigenvalue weighted by atomic mass is 9.82. The first-order valence-electron chi connectivity index (χ1n) is 20.9. The Morgan fingerprint density at radius 1 is 0.897 bits per heavy atom. The third-order valence-electron chi connectivity index (χ3n) is 13.1. The molecule has 5 atom stereocenters. The molecule has 3 aliphatic carbocycles. The number of rotatable bonds is 3. The van der Waals surface area contributed by atoms with Crippen LogP contribution >= 0.6 is 0 Å². The summed E-state index contributed by atoms with van der Waals surface area (Å²) in [6.07, 6.45) is 10.2. The van der Waals surface area contributed by atoms with Gasteiger partial charge in [-0.15, -0.1) is 0 Å². The number of nitrogens with zero attached hydrogens (tertiary/aromatic N) is 3. The summed E-state index contributed by atoms with van der Waals surface area (Å²) < 4.78 is 72.8. The zero-order valence-corrected chi connectivity index (χ0v) is 33.4. The summed E-state index contributed by atoms with van der Waals surface area (Å²) in [4.78, 5) is 66.3. The number of benzene rings is 1. The first-order valence-corrected chi connectivity index (χ1v) is 22.4. The number of nitrogens with one attached hydrogen (secondary N) is 3. The minimum Gasteiger partial charge on any atom is -0.470 e. The third-order valence-corrected chi connectivity index (χ3v) is 14.9. The fourth-order valence-electron chi connectivity index (χ4n) is 9.35. The Kier molecular flexibility index (Phi) is 11.1. The van der Waals surface area contributed by atoms with Gasteiger partial charge in [0, 0.05) is 12.0 Å². The van der Waals surface area contributed by atoms with Gasteiger partial charge in [-0.25, -0.2) is 23.2 Å². The van der Waals surface area contributed by atoms with Crippen molar-refractivity contribution in [2.45, 2.75) is 132 Å². The van der Waals surface area contributed by atoms with Crippen LogP contribution in [-0.4, -0.2) is 89.7 Å². The van der Waals surface area contributed by atoms with Crippen LogP contribution in [0.5, 0.6) is 5.88 Å². The summed E-state index contributed by atoms with van der Waals surface area (Å²) in [5, 5.41) is 5.01. The second kappa shape index (κ2) is 16.0. The number of hydrogen-bond donors (Lipinski definition) is 3. The summed E-state index contributed by atoms with van der Waals surface area (Å²) in [6, 6.07) is 5.52. The zero-order chi connectivity index (χ0) is 40.7. The number of hydrogen-bond acceptors (Lipinski definition) is 10. The van der Waals surface area contributed by atoms with Gasteiger partial charge in [0.25, 0.3) is 5.91 Å². The normalized spacial score (nSPS) is 31.2. The van der Waals surface area contributed by atoms with Crippen molar-refractivity contribution < 1.29 is 45.9 Å². The van der Waals surface area contributed by atoms with Crippen LogP contribution in [0.15, 0.2) is 36.4 Å². The molecule has 3 N–H and O–H groups in total. The molecule has 4 heterocycles. The van der Waals surface area contributed by atoms with E-state index in [2.05, 4.69) is 25.3 Å². The Morgan fingerprint density at radius 3 is 2.34 bits per heavy atom. The maximum absolute atomic E-state index is 16.4. The Labute approximate surface area is 336 Å². The van der Waals surface area contributed by atoms with Gasteiger partial charge in [0.15, 0.2) is 5.69 Å². The number of sulfonamides is 1. The summed E-state index contributed by atoms with van der Waals surface area (Å²) in [5.74, 6) is -7.69. The van der Waals surface area contributed by atoms with Crippen molar-refractivity contribution in [3.63, 3.8) is 0 Å². The SMILES string of the molecule is O=C1N[C@H]2CCCCCCC[C@@H]3C[C@]3(C(=O)NS(=O)(=O)C3CC3)NC(=O)C3CN(C[C@@H]3Oc3nc4ccccc4nc3C(F)(F)/C=C/CCC3(CCCC3)CO1)C2=O. The molecule has 4 amide bonds. The summed E-state index contributed by atoms with van der Waals surface area (Å²) in [6.45, 7) is -0.382. The second-order valence-corrected chi connectivity index (χ2v) is 19.3. The highest BCUT2D eigenvalue weighted by Crippen LogP contribution is 2.48. The van der Waals surface area contributed by atoms with Gasteiger partial charge in [-0.2, -0.15) is 8.78 Å². The van der Waals surface area contributed by atoms with Crippen molar-refractivity contribution >= 4 is 44.9 Å². The Balaban J connectivity index is 1.17. The standard InChI is InChI=1S/C41H52F2N6O8S/c42-41(43)21-11-10-20-39(18-8-9-19-39)25-56-38(53)46-31-15-5-3-1-2-4-12-26-22-40(26,37(52)48-58(54,55)27-16-17-27)47-34(50)28-23-49(36(31)51)24-32(28)57-35-33(41)44-29-13-6-7-14-30(29)45-35/h6-7,11,13-14,21,26-28,31-32H,1-5,8-10,12,15-20,22-25H2,(H,46,53)(H,47,50)(H,48,52)/b21-11+/t26-,28?,31+,32+,40+/m1/s1. The molecule has 1 aromatic carbocycles. The number of carbonyl (C=O) groups excluding carboxylic acids is 4. The molecule has 1 aromatic heterocycles. The van der Waals surface area contributed by atoms with E-state index in [-0.39, 0.29) is 54.9 Å². The van der Waals surface area contributed by atoms with E-state index in [4.69, 9.17) is 9.47 Å². The van der Waals surface area contributed by atoms with Gasteiger partial charge in [0.05, 0.1) is 35.4 Å². The van der Waals surface area contributed by atoms with E-state index in [0.717, 1.165) is 57.4 Å². The monoisotopic (exact) mass is 826 g/mol. The minimum absolute atomic E-state index is 0.0877. The minimum atomic E-state index is -3.94. The predicted molar refractivity (Wildman–Crippen MR) is 207 cm³/mol. The number of carbonyl (C=O) groups is 4. The summed E-state index contributed by atoms with van der Waals surface area (Å²) in [5.41, 5.74) is -2.16. The maximum Gasteiger partial charge on any atom is 0.407 e. The van der Waals surface area contributed by atoms with Gasteiger partial charge in [-0.05, 0) is 81.9 Å². The van der Waals surface area contributed by atoms with E-state index in [1.54, 1.807) is 24.3 Å². The van der Waals surface area contributed by atoms with E-state index >= 15 is 8.78 Å². The van der Waals surface area contributed by atoms with Crippen LogP contribution in [-0.2, 0) is 35.1 Å². The van der Waals surface area contributed by atoms with Crippen LogP contribution < -0.4 is 20.1 Å². The van der Waals surface area contributed by atoms with Crippen molar-refractivity contribution in [1.82, 2.24) is 30.2 Å². The lowest BCUT2D eigenvalue weighted by Crippen LogP contribution is -2.55. The Bertz CT molecular complexity index is 2080. The highest BCUT2D eigenvalue weighted by atomic mass is 32.2. The lowest BCUT2D eigenvalue weighted by molar-refractivity contribution is -0.134. The van der Waals surface area contributed by atoms with E-state index in [1.165, 1.54) is 11.0 Å². The van der Waals surface area contributed by atoms with Gasteiger partial charge in [-0.1, -0.05) is 63.2 Å². The number of alkyl carbamates (subject to hydrolysis) is 1. The van der Waals surface area contributed by atoms with Crippen LogP contribution in [0.25, 0.3) is 11.0 Å². The molecule has 6 aliphatic rings. The molecule has 1 unspecified atom stereocenters. The molecule has 5 fully saturated rings. The molecule has 17 heteroatoms. The fraction of sp³-hybridized carbons (Fsp3) is 0.659. The molecule has 1 spiro atoms. The number of amides is 4. The Morgan fingerprint density at radius 2 is 1.60 bits per heavy atom. The number of allylic oxidation sites excluding steroid dienone is 2. The molecule has 14 nitrogen and oxygen atoms in total. The van der Waals surface area contributed by atoms with Crippen molar-refractivity contribution in [3.05, 3.63) is 42.1 Å². The quantitative estimate of drug-likeness (QED) is 0.349. The molecule has 58 heavy (non-hydrogen) atoms. The highest BCUT2D eigenvalue weighted by Gasteiger charge is 2.62. The van der Waals surface area contributed by atoms with Gasteiger partial charge in [0.2, 0.25) is 27.7 Å². The highest BCUT2D eigenvalue weighted by molar-refractivity contribution is 7.91. The summed E-state index contributed by atoms with van der Waals surface area (Å²) in [7, 11) is -3.94. The lowest BCUT2D eigenvalue weighted by Gasteiger charge is -2.29. The topological polar surface area (TPSA) is 186 Å². The van der Waals surface area contributed by atoms with Gasteiger partial charge >= 0.3 is 12.0 Å². The average molecular weight is 827 g/mol. The van der Waals surface area contributed by atoms with Crippen LogP contribution in [0.2, 0.25) is 0 Å². The fourth-order valence-corrected chi connectivity index (χ4v) is 10.7. The molecule has 0 radical (unpaired) electrons. The molecule has 2 aromatic rings. The van der Waals surface area contributed by atoms with Crippen LogP contribution in [0.1, 0.15) is 108 Å². The molecule has 2 saturated heterocycles. The second-order valence-electron chi connectivity index (χ2n) is 17.3. The molecule has 314 valence electrons. The molecular weight excluding hydrogens is 775 g/mol. The number of aromatic nitrogens is 2. The number of ether oxygens (including phenoxy) is 2. The first-order chi connectivity index (χ1) is 27.8. The zero-order valence-electron chi connectivity index (χ0n) is 32.6. The van der Waals surface area contributed by atoms with Gasteiger partial charge in [0.1, 0.15) is 17.7 Å². The average Bonchev–Trinajstić information content (AvgIpc) is 4.08. The predicted octanol–water partition coefficient (Wildman–Crippen LogP) is 5.16. The van der Waals surface area contributed by atoms with Crippen molar-refractivity contribution in [2.24, 2.45) is 17.3 Å². The van der Waals surface area contributed by atoms with E-state index < -0.39 is 80.2 Å². The van der Waals surface area contributed by atoms with E-state index in [1.807, 2.05) is 0 Å².